The molecule has 0 unspecified atom stereocenters. The van der Waals surface area contributed by atoms with Crippen LogP contribution in [0, 0.1) is 11.3 Å². The Kier molecular flexibility index (Phi) is 5.10. The third-order valence-corrected chi connectivity index (χ3v) is 4.52. The molecule has 1 N–H and O–H groups in total. The summed E-state index contributed by atoms with van der Waals surface area (Å²) in [6.45, 7) is 0. The van der Waals surface area contributed by atoms with Gasteiger partial charge in [0.25, 0.3) is 5.56 Å². The van der Waals surface area contributed by atoms with Crippen LogP contribution in [0.15, 0.2) is 57.8 Å². The molecule has 3 rings (SSSR count). The first-order chi connectivity index (χ1) is 12.6. The van der Waals surface area contributed by atoms with E-state index in [0.29, 0.717) is 22.8 Å². The number of nitriles is 1. The first-order valence-corrected chi connectivity index (χ1v) is 8.52. The molecule has 0 spiro atoms. The number of rotatable bonds is 4. The summed E-state index contributed by atoms with van der Waals surface area (Å²) in [5, 5.41) is 9.41. The fourth-order valence-corrected chi connectivity index (χ4v) is 2.95. The van der Waals surface area contributed by atoms with Gasteiger partial charge in [-0.1, -0.05) is 28.1 Å². The maximum absolute atomic E-state index is 12.4. The quantitative estimate of drug-likeness (QED) is 0.692. The van der Waals surface area contributed by atoms with E-state index >= 15 is 0 Å². The number of benzene rings is 2. The monoisotopic (exact) mass is 410 g/mol. The number of aromatic nitrogens is 1. The van der Waals surface area contributed by atoms with Crippen LogP contribution < -0.4 is 15.0 Å². The molecule has 0 fully saturated rings. The van der Waals surface area contributed by atoms with E-state index in [1.165, 1.54) is 0 Å². The van der Waals surface area contributed by atoms with Gasteiger partial charge in [0.15, 0.2) is 11.5 Å². The maximum atomic E-state index is 12.4. The third-order valence-electron chi connectivity index (χ3n) is 3.99. The van der Waals surface area contributed by atoms with E-state index in [2.05, 4.69) is 20.9 Å². The highest BCUT2D eigenvalue weighted by Gasteiger charge is 2.14. The second-order valence-electron chi connectivity index (χ2n) is 5.49. The van der Waals surface area contributed by atoms with Gasteiger partial charge in [-0.05, 0) is 42.0 Å². The van der Waals surface area contributed by atoms with Crippen molar-refractivity contribution in [1.29, 1.82) is 5.26 Å². The Morgan fingerprint density at radius 1 is 0.962 bits per heavy atom. The molecule has 26 heavy (non-hydrogen) atoms. The van der Waals surface area contributed by atoms with Gasteiger partial charge in [0.2, 0.25) is 0 Å². The van der Waals surface area contributed by atoms with Gasteiger partial charge >= 0.3 is 0 Å². The standard InChI is InChI=1S/C20H15BrN2O3/c1-25-18-8-5-13(9-19(18)26-2)17-10-15(16(11-22)20(24)23-17)12-3-6-14(21)7-4-12/h3-10H,1-2H3,(H,23,24). The highest BCUT2D eigenvalue weighted by Crippen LogP contribution is 2.33. The van der Waals surface area contributed by atoms with Crippen LogP contribution in [-0.2, 0) is 0 Å². The number of nitrogens with zero attached hydrogens (tertiary/aromatic N) is 1. The summed E-state index contributed by atoms with van der Waals surface area (Å²) in [6.07, 6.45) is 0. The van der Waals surface area contributed by atoms with Gasteiger partial charge in [0.1, 0.15) is 11.6 Å². The molecule has 0 saturated heterocycles. The summed E-state index contributed by atoms with van der Waals surface area (Å²) in [6, 6.07) is 16.6. The van der Waals surface area contributed by atoms with E-state index in [0.717, 1.165) is 15.6 Å². The maximum Gasteiger partial charge on any atom is 0.266 e. The van der Waals surface area contributed by atoms with Gasteiger partial charge in [0, 0.05) is 21.3 Å². The molecular weight excluding hydrogens is 396 g/mol. The predicted octanol–water partition coefficient (Wildman–Crippen LogP) is 4.36. The lowest BCUT2D eigenvalue weighted by Gasteiger charge is -2.11. The molecule has 1 aromatic heterocycles. The molecule has 0 amide bonds. The molecule has 0 aliphatic rings. The molecule has 1 heterocycles. The van der Waals surface area contributed by atoms with Gasteiger partial charge in [-0.2, -0.15) is 5.26 Å². The summed E-state index contributed by atoms with van der Waals surface area (Å²) < 4.78 is 11.5. The molecular formula is C20H15BrN2O3. The molecule has 0 aliphatic carbocycles. The zero-order valence-electron chi connectivity index (χ0n) is 14.2. The Morgan fingerprint density at radius 2 is 1.62 bits per heavy atom. The number of methoxy groups -OCH3 is 2. The van der Waals surface area contributed by atoms with E-state index < -0.39 is 5.56 Å². The van der Waals surface area contributed by atoms with Crippen LogP contribution in [0.4, 0.5) is 0 Å². The Bertz CT molecular complexity index is 1050. The molecule has 130 valence electrons. The van der Waals surface area contributed by atoms with Crippen molar-refractivity contribution in [2.45, 2.75) is 0 Å². The Hall–Kier alpha value is -3.04. The van der Waals surface area contributed by atoms with E-state index in [9.17, 15) is 10.1 Å². The molecule has 5 nitrogen and oxygen atoms in total. The van der Waals surface area contributed by atoms with Crippen LogP contribution in [0.5, 0.6) is 11.5 Å². The van der Waals surface area contributed by atoms with E-state index in [1.54, 1.807) is 32.4 Å². The summed E-state index contributed by atoms with van der Waals surface area (Å²) in [5.74, 6) is 1.15. The molecule has 0 saturated carbocycles. The van der Waals surface area contributed by atoms with Crippen LogP contribution in [0.1, 0.15) is 5.56 Å². The average molecular weight is 411 g/mol. The molecule has 0 radical (unpaired) electrons. The van der Waals surface area contributed by atoms with Crippen molar-refractivity contribution in [2.75, 3.05) is 14.2 Å². The van der Waals surface area contributed by atoms with Crippen LogP contribution in [0.2, 0.25) is 0 Å². The number of pyridine rings is 1. The largest absolute Gasteiger partial charge is 0.493 e. The molecule has 3 aromatic rings. The third kappa shape index (κ3) is 3.35. The summed E-state index contributed by atoms with van der Waals surface area (Å²) in [4.78, 5) is 15.2. The number of hydrogen-bond acceptors (Lipinski definition) is 4. The number of hydrogen-bond donors (Lipinski definition) is 1. The SMILES string of the molecule is COc1ccc(-c2cc(-c3ccc(Br)cc3)c(C#N)c(=O)[nH]2)cc1OC. The summed E-state index contributed by atoms with van der Waals surface area (Å²) in [5.41, 5.74) is 2.36. The van der Waals surface area contributed by atoms with Gasteiger partial charge in [-0.25, -0.2) is 0 Å². The van der Waals surface area contributed by atoms with Crippen LogP contribution in [0.3, 0.4) is 0 Å². The van der Waals surface area contributed by atoms with Crippen molar-refractivity contribution in [1.82, 2.24) is 4.98 Å². The van der Waals surface area contributed by atoms with Gasteiger partial charge in [0.05, 0.1) is 14.2 Å². The zero-order valence-corrected chi connectivity index (χ0v) is 15.8. The minimum absolute atomic E-state index is 0.0801. The Labute approximate surface area is 159 Å². The van der Waals surface area contributed by atoms with Crippen molar-refractivity contribution in [2.24, 2.45) is 0 Å². The topological polar surface area (TPSA) is 75.1 Å². The van der Waals surface area contributed by atoms with Crippen molar-refractivity contribution < 1.29 is 9.47 Å². The predicted molar refractivity (Wildman–Crippen MR) is 103 cm³/mol. The number of nitrogens with one attached hydrogen (secondary N) is 1. The smallest absolute Gasteiger partial charge is 0.266 e. The fourth-order valence-electron chi connectivity index (χ4n) is 2.69. The van der Waals surface area contributed by atoms with Gasteiger partial charge in [-0.15, -0.1) is 0 Å². The van der Waals surface area contributed by atoms with E-state index in [-0.39, 0.29) is 5.56 Å². The van der Waals surface area contributed by atoms with Crippen molar-refractivity contribution >= 4 is 15.9 Å². The fraction of sp³-hybridized carbons (Fsp3) is 0.100. The number of aromatic amines is 1. The average Bonchev–Trinajstić information content (AvgIpc) is 2.67. The zero-order chi connectivity index (χ0) is 18.7. The molecule has 6 heteroatoms. The van der Waals surface area contributed by atoms with Gasteiger partial charge < -0.3 is 14.5 Å². The lowest BCUT2D eigenvalue weighted by atomic mass is 9.99. The summed E-state index contributed by atoms with van der Waals surface area (Å²) in [7, 11) is 3.11. The second-order valence-corrected chi connectivity index (χ2v) is 6.40. The molecule has 0 atom stereocenters. The molecule has 0 aliphatic heterocycles. The van der Waals surface area contributed by atoms with Crippen LogP contribution in [0.25, 0.3) is 22.4 Å². The van der Waals surface area contributed by atoms with Crippen molar-refractivity contribution in [3.8, 4) is 40.0 Å². The van der Waals surface area contributed by atoms with E-state index in [4.69, 9.17) is 9.47 Å². The van der Waals surface area contributed by atoms with Crippen molar-refractivity contribution in [3.05, 3.63) is 68.9 Å². The highest BCUT2D eigenvalue weighted by atomic mass is 79.9. The number of H-pyrrole nitrogens is 1. The Balaban J connectivity index is 2.20. The first kappa shape index (κ1) is 17.8. The summed E-state index contributed by atoms with van der Waals surface area (Å²) >= 11 is 3.39. The Morgan fingerprint density at radius 3 is 2.23 bits per heavy atom. The number of halogens is 1. The van der Waals surface area contributed by atoms with Crippen LogP contribution in [-0.4, -0.2) is 19.2 Å². The highest BCUT2D eigenvalue weighted by molar-refractivity contribution is 9.10. The lowest BCUT2D eigenvalue weighted by molar-refractivity contribution is 0.355. The molecule has 0 bridgehead atoms. The molecule has 2 aromatic carbocycles. The minimum atomic E-state index is -0.433. The minimum Gasteiger partial charge on any atom is -0.493 e. The normalized spacial score (nSPS) is 10.2. The lowest BCUT2D eigenvalue weighted by Crippen LogP contribution is -2.12. The second kappa shape index (κ2) is 7.46. The number of ether oxygens (including phenoxy) is 2. The first-order valence-electron chi connectivity index (χ1n) is 7.73. The van der Waals surface area contributed by atoms with Gasteiger partial charge in [-0.3, -0.25) is 4.79 Å². The van der Waals surface area contributed by atoms with E-state index in [1.807, 2.05) is 36.4 Å². The van der Waals surface area contributed by atoms with Crippen LogP contribution >= 0.6 is 15.9 Å². The van der Waals surface area contributed by atoms with Crippen molar-refractivity contribution in [3.63, 3.8) is 0 Å².